The number of hydrogen-bond acceptors (Lipinski definition) is 5. The normalized spacial score (nSPS) is 30.2. The van der Waals surface area contributed by atoms with Crippen LogP contribution in [0.1, 0.15) is 25.7 Å². The predicted molar refractivity (Wildman–Crippen MR) is 70.0 cm³/mol. The van der Waals surface area contributed by atoms with E-state index in [2.05, 4.69) is 27.2 Å². The molecular formula is C13H20N4O. The van der Waals surface area contributed by atoms with Crippen molar-refractivity contribution in [2.75, 3.05) is 19.1 Å². The summed E-state index contributed by atoms with van der Waals surface area (Å²) in [6, 6.07) is 1.93. The van der Waals surface area contributed by atoms with Gasteiger partial charge in [0.05, 0.1) is 19.5 Å². The highest BCUT2D eigenvalue weighted by molar-refractivity contribution is 5.32. The van der Waals surface area contributed by atoms with Crippen LogP contribution in [0.4, 0.5) is 5.95 Å². The first-order valence-corrected chi connectivity index (χ1v) is 6.61. The van der Waals surface area contributed by atoms with Gasteiger partial charge in [-0.05, 0) is 25.7 Å². The fraction of sp³-hybridized carbons (Fsp3) is 0.692. The Labute approximate surface area is 108 Å². The van der Waals surface area contributed by atoms with Crippen LogP contribution in [0.2, 0.25) is 0 Å². The van der Waals surface area contributed by atoms with Crippen LogP contribution in [0.15, 0.2) is 12.4 Å². The number of rotatable bonds is 3. The predicted octanol–water partition coefficient (Wildman–Crippen LogP) is 1.20. The molecular weight excluding hydrogens is 228 g/mol. The van der Waals surface area contributed by atoms with Crippen molar-refractivity contribution in [2.24, 2.45) is 0 Å². The molecule has 2 bridgehead atoms. The van der Waals surface area contributed by atoms with Gasteiger partial charge in [-0.1, -0.05) is 0 Å². The number of ether oxygens (including phenoxy) is 1. The standard InChI is InChI=1S/C13H20N4O/c1-17(13-14-7-12(18-2)8-15-13)11-5-9-3-4-10(6-11)16-9/h7-11,16H,3-6H2,1-2H3. The van der Waals surface area contributed by atoms with Crippen molar-refractivity contribution >= 4 is 5.95 Å². The van der Waals surface area contributed by atoms with Crippen molar-refractivity contribution in [3.63, 3.8) is 0 Å². The molecule has 2 saturated heterocycles. The third-order valence-corrected chi connectivity index (χ3v) is 4.16. The molecule has 5 heteroatoms. The van der Waals surface area contributed by atoms with Crippen molar-refractivity contribution in [2.45, 2.75) is 43.8 Å². The van der Waals surface area contributed by atoms with Crippen LogP contribution in [0.3, 0.4) is 0 Å². The second kappa shape index (κ2) is 4.72. The van der Waals surface area contributed by atoms with E-state index in [1.54, 1.807) is 19.5 Å². The minimum Gasteiger partial charge on any atom is -0.494 e. The maximum absolute atomic E-state index is 5.08. The Balaban J connectivity index is 1.71. The van der Waals surface area contributed by atoms with Gasteiger partial charge in [0.15, 0.2) is 5.75 Å². The number of fused-ring (bicyclic) bond motifs is 2. The van der Waals surface area contributed by atoms with Gasteiger partial charge < -0.3 is 15.0 Å². The van der Waals surface area contributed by atoms with Crippen molar-refractivity contribution in [3.8, 4) is 5.75 Å². The van der Waals surface area contributed by atoms with Crippen molar-refractivity contribution in [1.82, 2.24) is 15.3 Å². The van der Waals surface area contributed by atoms with Crippen molar-refractivity contribution in [1.29, 1.82) is 0 Å². The van der Waals surface area contributed by atoms with Crippen LogP contribution in [0, 0.1) is 0 Å². The van der Waals surface area contributed by atoms with E-state index in [1.165, 1.54) is 25.7 Å². The number of methoxy groups -OCH3 is 1. The molecule has 0 radical (unpaired) electrons. The Hall–Kier alpha value is -1.36. The van der Waals surface area contributed by atoms with Crippen LogP contribution in [0.25, 0.3) is 0 Å². The minimum absolute atomic E-state index is 0.553. The molecule has 3 rings (SSSR count). The number of aromatic nitrogens is 2. The Bertz CT molecular complexity index is 396. The third kappa shape index (κ3) is 2.14. The van der Waals surface area contributed by atoms with Crippen LogP contribution in [-0.2, 0) is 0 Å². The first-order valence-electron chi connectivity index (χ1n) is 6.61. The molecule has 5 nitrogen and oxygen atoms in total. The summed E-state index contributed by atoms with van der Waals surface area (Å²) in [5.41, 5.74) is 0. The summed E-state index contributed by atoms with van der Waals surface area (Å²) >= 11 is 0. The van der Waals surface area contributed by atoms with Gasteiger partial charge in [0, 0.05) is 25.2 Å². The lowest BCUT2D eigenvalue weighted by molar-refractivity contribution is 0.352. The third-order valence-electron chi connectivity index (χ3n) is 4.16. The number of nitrogens with one attached hydrogen (secondary N) is 1. The molecule has 2 unspecified atom stereocenters. The maximum Gasteiger partial charge on any atom is 0.225 e. The summed E-state index contributed by atoms with van der Waals surface area (Å²) in [6.45, 7) is 0. The van der Waals surface area contributed by atoms with Crippen molar-refractivity contribution < 1.29 is 4.74 Å². The lowest BCUT2D eigenvalue weighted by Crippen LogP contribution is -2.47. The minimum atomic E-state index is 0.553. The Kier molecular flexibility index (Phi) is 3.07. The van der Waals surface area contributed by atoms with E-state index < -0.39 is 0 Å². The highest BCUT2D eigenvalue weighted by Crippen LogP contribution is 2.30. The number of hydrogen-bond donors (Lipinski definition) is 1. The SMILES string of the molecule is COc1cnc(N(C)C2CC3CCC(C2)N3)nc1. The second-order valence-corrected chi connectivity index (χ2v) is 5.30. The zero-order valence-electron chi connectivity index (χ0n) is 11.0. The fourth-order valence-corrected chi connectivity index (χ4v) is 3.10. The first kappa shape index (κ1) is 11.7. The summed E-state index contributed by atoms with van der Waals surface area (Å²) in [5.74, 6) is 1.50. The van der Waals surface area contributed by atoms with Gasteiger partial charge in [0.25, 0.3) is 0 Å². The maximum atomic E-state index is 5.08. The molecule has 0 aromatic carbocycles. The largest absolute Gasteiger partial charge is 0.494 e. The molecule has 2 fully saturated rings. The van der Waals surface area contributed by atoms with E-state index >= 15 is 0 Å². The van der Waals surface area contributed by atoms with E-state index in [0.29, 0.717) is 23.9 Å². The molecule has 0 amide bonds. The zero-order valence-corrected chi connectivity index (χ0v) is 11.0. The molecule has 0 saturated carbocycles. The molecule has 0 aliphatic carbocycles. The number of anilines is 1. The monoisotopic (exact) mass is 248 g/mol. The highest BCUT2D eigenvalue weighted by atomic mass is 16.5. The zero-order chi connectivity index (χ0) is 12.5. The smallest absolute Gasteiger partial charge is 0.225 e. The Morgan fingerprint density at radius 3 is 2.39 bits per heavy atom. The summed E-state index contributed by atoms with van der Waals surface area (Å²) in [4.78, 5) is 10.9. The summed E-state index contributed by atoms with van der Waals surface area (Å²) in [5, 5.41) is 3.66. The van der Waals surface area contributed by atoms with E-state index in [-0.39, 0.29) is 0 Å². The molecule has 2 aliphatic rings. The average Bonchev–Trinajstić information content (AvgIpc) is 2.77. The Morgan fingerprint density at radius 2 is 1.83 bits per heavy atom. The van der Waals surface area contributed by atoms with Gasteiger partial charge in [0.1, 0.15) is 0 Å². The molecule has 1 aromatic rings. The second-order valence-electron chi connectivity index (χ2n) is 5.30. The average molecular weight is 248 g/mol. The molecule has 98 valence electrons. The number of piperidine rings is 1. The molecule has 1 N–H and O–H groups in total. The first-order chi connectivity index (χ1) is 8.76. The highest BCUT2D eigenvalue weighted by Gasteiger charge is 2.35. The van der Waals surface area contributed by atoms with Crippen molar-refractivity contribution in [3.05, 3.63) is 12.4 Å². The molecule has 18 heavy (non-hydrogen) atoms. The lowest BCUT2D eigenvalue weighted by atomic mass is 9.99. The van der Waals surface area contributed by atoms with Gasteiger partial charge in [0.2, 0.25) is 5.95 Å². The van der Waals surface area contributed by atoms with Crippen LogP contribution in [-0.4, -0.2) is 42.3 Å². The summed E-state index contributed by atoms with van der Waals surface area (Å²) in [6.07, 6.45) is 8.49. The molecule has 3 heterocycles. The fourth-order valence-electron chi connectivity index (χ4n) is 3.10. The van der Waals surface area contributed by atoms with Crippen LogP contribution >= 0.6 is 0 Å². The van der Waals surface area contributed by atoms with E-state index in [9.17, 15) is 0 Å². The van der Waals surface area contributed by atoms with Gasteiger partial charge in [-0.3, -0.25) is 0 Å². The van der Waals surface area contributed by atoms with Gasteiger partial charge in [-0.2, -0.15) is 0 Å². The van der Waals surface area contributed by atoms with E-state index in [1.807, 2.05) is 0 Å². The topological polar surface area (TPSA) is 50.3 Å². The van der Waals surface area contributed by atoms with E-state index in [4.69, 9.17) is 4.74 Å². The van der Waals surface area contributed by atoms with Crippen LogP contribution < -0.4 is 15.0 Å². The lowest BCUT2D eigenvalue weighted by Gasteiger charge is -2.35. The molecule has 1 aromatic heterocycles. The van der Waals surface area contributed by atoms with Crippen LogP contribution in [0.5, 0.6) is 5.75 Å². The summed E-state index contributed by atoms with van der Waals surface area (Å²) in [7, 11) is 3.73. The van der Waals surface area contributed by atoms with Gasteiger partial charge in [-0.25, -0.2) is 9.97 Å². The van der Waals surface area contributed by atoms with E-state index in [0.717, 1.165) is 5.95 Å². The van der Waals surface area contributed by atoms with Gasteiger partial charge in [-0.15, -0.1) is 0 Å². The Morgan fingerprint density at radius 1 is 1.22 bits per heavy atom. The quantitative estimate of drug-likeness (QED) is 0.871. The molecule has 0 spiro atoms. The summed E-state index contributed by atoms with van der Waals surface area (Å²) < 4.78 is 5.08. The van der Waals surface area contributed by atoms with Gasteiger partial charge >= 0.3 is 0 Å². The molecule has 2 aliphatic heterocycles. The molecule has 2 atom stereocenters. The number of nitrogens with zero attached hydrogens (tertiary/aromatic N) is 3.